The highest BCUT2D eigenvalue weighted by atomic mass is 35.5. The summed E-state index contributed by atoms with van der Waals surface area (Å²) < 4.78 is 0. The van der Waals surface area contributed by atoms with Gasteiger partial charge in [0.1, 0.15) is 11.7 Å². The summed E-state index contributed by atoms with van der Waals surface area (Å²) >= 11 is 6.07. The zero-order valence-electron chi connectivity index (χ0n) is 15.1. The van der Waals surface area contributed by atoms with Gasteiger partial charge in [-0.15, -0.1) is 0 Å². The van der Waals surface area contributed by atoms with Gasteiger partial charge in [-0.3, -0.25) is 4.79 Å². The number of hydrogen-bond donors (Lipinski definition) is 1. The van der Waals surface area contributed by atoms with Crippen LogP contribution in [-0.2, 0) is 11.2 Å². The molecule has 1 fully saturated rings. The Morgan fingerprint density at radius 1 is 1.38 bits per heavy atom. The summed E-state index contributed by atoms with van der Waals surface area (Å²) in [6, 6.07) is 6.15. The number of amides is 1. The van der Waals surface area contributed by atoms with E-state index >= 15 is 0 Å². The van der Waals surface area contributed by atoms with Crippen molar-refractivity contribution in [3.05, 3.63) is 46.8 Å². The van der Waals surface area contributed by atoms with E-state index in [9.17, 15) is 4.79 Å². The maximum absolute atomic E-state index is 11.0. The molecule has 1 aliphatic carbocycles. The summed E-state index contributed by atoms with van der Waals surface area (Å²) in [5.41, 5.74) is 1.96. The van der Waals surface area contributed by atoms with Gasteiger partial charge < -0.3 is 10.2 Å². The van der Waals surface area contributed by atoms with Gasteiger partial charge in [0.2, 0.25) is 6.41 Å². The van der Waals surface area contributed by atoms with Gasteiger partial charge in [0, 0.05) is 41.9 Å². The molecular formula is C20H25ClN4O. The number of aryl methyl sites for hydroxylation is 1. The molecule has 2 aliphatic rings. The second-order valence-electron chi connectivity index (χ2n) is 6.81. The van der Waals surface area contributed by atoms with Crippen LogP contribution in [0.4, 0.5) is 5.82 Å². The number of hydrogen-bond acceptors (Lipinski definition) is 4. The molecule has 1 saturated heterocycles. The lowest BCUT2D eigenvalue weighted by molar-refractivity contribution is -0.108. The highest BCUT2D eigenvalue weighted by Gasteiger charge is 2.15. The number of amidine groups is 1. The Kier molecular flexibility index (Phi) is 6.45. The molecule has 5 nitrogen and oxygen atoms in total. The van der Waals surface area contributed by atoms with E-state index < -0.39 is 0 Å². The minimum Gasteiger partial charge on any atom is -0.357 e. The molecule has 1 atom stereocenters. The summed E-state index contributed by atoms with van der Waals surface area (Å²) in [6.07, 6.45) is 9.11. The molecule has 1 unspecified atom stereocenters. The molecule has 26 heavy (non-hydrogen) atoms. The number of nitrogens with one attached hydrogen (secondary N) is 1. The quantitative estimate of drug-likeness (QED) is 0.469. The number of pyridine rings is 1. The van der Waals surface area contributed by atoms with E-state index in [2.05, 4.69) is 34.3 Å². The first-order chi connectivity index (χ1) is 12.7. The summed E-state index contributed by atoms with van der Waals surface area (Å²) in [5.74, 6) is 1.95. The van der Waals surface area contributed by atoms with Crippen LogP contribution < -0.4 is 10.2 Å². The Morgan fingerprint density at radius 3 is 2.92 bits per heavy atom. The van der Waals surface area contributed by atoms with Gasteiger partial charge in [0.15, 0.2) is 0 Å². The van der Waals surface area contributed by atoms with Gasteiger partial charge in [0.05, 0.1) is 0 Å². The van der Waals surface area contributed by atoms with Crippen molar-refractivity contribution < 1.29 is 4.79 Å². The van der Waals surface area contributed by atoms with Crippen LogP contribution in [0.5, 0.6) is 0 Å². The predicted molar refractivity (Wildman–Crippen MR) is 106 cm³/mol. The summed E-state index contributed by atoms with van der Waals surface area (Å²) in [6.45, 7) is 4.25. The standard InChI is InChI=1S/C20H25ClN4O/c1-15-13-16(21)7-9-18(15)24-19(22-14-26)10-8-17-5-4-6-20(23-17)25-11-2-3-12-25/h4-7,9,14-15H,2-3,8,10-13H2,1H3,(H,22,24,26). The fourth-order valence-electron chi connectivity index (χ4n) is 3.31. The lowest BCUT2D eigenvalue weighted by atomic mass is 9.99. The number of carbonyl (C=O) groups is 1. The number of anilines is 1. The van der Waals surface area contributed by atoms with Gasteiger partial charge >= 0.3 is 0 Å². The highest BCUT2D eigenvalue weighted by molar-refractivity contribution is 6.29. The molecule has 0 radical (unpaired) electrons. The topological polar surface area (TPSA) is 57.6 Å². The molecular weight excluding hydrogens is 348 g/mol. The Labute approximate surface area is 159 Å². The van der Waals surface area contributed by atoms with Gasteiger partial charge in [-0.2, -0.15) is 0 Å². The normalized spacial score (nSPS) is 20.6. The number of rotatable bonds is 6. The SMILES string of the molecule is CC1CC(Cl)=CC=C1N=C(CCc1cccc(N2CCCC2)n1)NC=O. The molecule has 1 N–H and O–H groups in total. The average molecular weight is 373 g/mol. The smallest absolute Gasteiger partial charge is 0.212 e. The van der Waals surface area contributed by atoms with Gasteiger partial charge in [-0.1, -0.05) is 24.6 Å². The molecule has 0 spiro atoms. The van der Waals surface area contributed by atoms with E-state index in [1.165, 1.54) is 12.8 Å². The third-order valence-electron chi connectivity index (χ3n) is 4.77. The highest BCUT2D eigenvalue weighted by Crippen LogP contribution is 2.27. The van der Waals surface area contributed by atoms with E-state index in [4.69, 9.17) is 16.6 Å². The number of carbonyl (C=O) groups excluding carboxylic acids is 1. The van der Waals surface area contributed by atoms with Crippen molar-refractivity contribution in [2.75, 3.05) is 18.0 Å². The number of nitrogens with zero attached hydrogens (tertiary/aromatic N) is 3. The summed E-state index contributed by atoms with van der Waals surface area (Å²) in [4.78, 5) is 22.7. The zero-order valence-corrected chi connectivity index (χ0v) is 15.9. The molecule has 1 aromatic rings. The summed E-state index contributed by atoms with van der Waals surface area (Å²) in [7, 11) is 0. The maximum atomic E-state index is 11.0. The fraction of sp³-hybridized carbons (Fsp3) is 0.450. The van der Waals surface area contributed by atoms with Gasteiger partial charge in [0.25, 0.3) is 0 Å². The minimum atomic E-state index is 0.243. The van der Waals surface area contributed by atoms with Crippen LogP contribution in [0.25, 0.3) is 0 Å². The van der Waals surface area contributed by atoms with Crippen molar-refractivity contribution in [3.63, 3.8) is 0 Å². The molecule has 0 bridgehead atoms. The molecule has 1 amide bonds. The van der Waals surface area contributed by atoms with Crippen LogP contribution in [0.2, 0.25) is 0 Å². The zero-order chi connectivity index (χ0) is 18.4. The van der Waals surface area contributed by atoms with Crippen LogP contribution in [0.1, 0.15) is 38.3 Å². The van der Waals surface area contributed by atoms with Crippen LogP contribution in [0.15, 0.2) is 46.1 Å². The first-order valence-corrected chi connectivity index (χ1v) is 9.58. The molecule has 0 saturated carbocycles. The lowest BCUT2D eigenvalue weighted by Crippen LogP contribution is -2.23. The second-order valence-corrected chi connectivity index (χ2v) is 7.30. The first-order valence-electron chi connectivity index (χ1n) is 9.20. The van der Waals surface area contributed by atoms with Crippen LogP contribution in [0.3, 0.4) is 0 Å². The summed E-state index contributed by atoms with van der Waals surface area (Å²) in [5, 5.41) is 3.58. The number of allylic oxidation sites excluding steroid dienone is 4. The van der Waals surface area contributed by atoms with Crippen LogP contribution >= 0.6 is 11.6 Å². The second kappa shape index (κ2) is 8.99. The van der Waals surface area contributed by atoms with Gasteiger partial charge in [-0.05, 0) is 50.0 Å². The lowest BCUT2D eigenvalue weighted by Gasteiger charge is -2.18. The Morgan fingerprint density at radius 2 is 2.19 bits per heavy atom. The third-order valence-corrected chi connectivity index (χ3v) is 5.05. The first kappa shape index (κ1) is 18.6. The monoisotopic (exact) mass is 372 g/mol. The number of aliphatic imine (C=N–C) groups is 1. The Balaban J connectivity index is 1.68. The molecule has 1 aliphatic heterocycles. The largest absolute Gasteiger partial charge is 0.357 e. The minimum absolute atomic E-state index is 0.243. The molecule has 1 aromatic heterocycles. The fourth-order valence-corrected chi connectivity index (χ4v) is 3.61. The van der Waals surface area contributed by atoms with E-state index in [1.54, 1.807) is 0 Å². The molecule has 0 aromatic carbocycles. The predicted octanol–water partition coefficient (Wildman–Crippen LogP) is 3.81. The average Bonchev–Trinajstić information content (AvgIpc) is 3.17. The van der Waals surface area contributed by atoms with E-state index in [0.717, 1.165) is 48.2 Å². The van der Waals surface area contributed by atoms with Crippen molar-refractivity contribution in [1.29, 1.82) is 0 Å². The Bertz CT molecular complexity index is 735. The van der Waals surface area contributed by atoms with Crippen molar-refractivity contribution in [2.24, 2.45) is 10.9 Å². The Hall–Kier alpha value is -2.14. The van der Waals surface area contributed by atoms with Crippen LogP contribution in [0, 0.1) is 5.92 Å². The van der Waals surface area contributed by atoms with Crippen molar-refractivity contribution in [2.45, 2.75) is 39.0 Å². The van der Waals surface area contributed by atoms with Crippen molar-refractivity contribution in [3.8, 4) is 0 Å². The van der Waals surface area contributed by atoms with E-state index in [-0.39, 0.29) is 5.92 Å². The maximum Gasteiger partial charge on any atom is 0.212 e. The van der Waals surface area contributed by atoms with Crippen molar-refractivity contribution in [1.82, 2.24) is 10.3 Å². The van der Waals surface area contributed by atoms with Gasteiger partial charge in [-0.25, -0.2) is 9.98 Å². The third kappa shape index (κ3) is 4.94. The van der Waals surface area contributed by atoms with E-state index in [0.29, 0.717) is 18.7 Å². The van der Waals surface area contributed by atoms with E-state index in [1.807, 2.05) is 18.2 Å². The number of aromatic nitrogens is 1. The molecule has 2 heterocycles. The number of halogens is 1. The molecule has 3 rings (SSSR count). The van der Waals surface area contributed by atoms with Crippen molar-refractivity contribution >= 4 is 29.7 Å². The molecule has 138 valence electrons. The van der Waals surface area contributed by atoms with Crippen LogP contribution in [-0.4, -0.2) is 30.3 Å². The molecule has 6 heteroatoms.